The summed E-state index contributed by atoms with van der Waals surface area (Å²) in [7, 11) is 0. The van der Waals surface area contributed by atoms with Crippen molar-refractivity contribution >= 4 is 17.7 Å². The summed E-state index contributed by atoms with van der Waals surface area (Å²) in [6.45, 7) is 7.00. The summed E-state index contributed by atoms with van der Waals surface area (Å²) < 4.78 is 4.93. The number of anilines is 1. The van der Waals surface area contributed by atoms with E-state index in [0.29, 0.717) is 11.4 Å². The molecule has 0 saturated carbocycles. The van der Waals surface area contributed by atoms with Crippen molar-refractivity contribution in [2.24, 2.45) is 0 Å². The van der Waals surface area contributed by atoms with Crippen LogP contribution in [0.25, 0.3) is 0 Å². The maximum atomic E-state index is 11.6. The number of hydrogen-bond donors (Lipinski definition) is 2. The van der Waals surface area contributed by atoms with E-state index in [1.54, 1.807) is 24.3 Å². The molecule has 5 heteroatoms. The van der Waals surface area contributed by atoms with Gasteiger partial charge in [-0.15, -0.1) is 0 Å². The molecule has 0 heterocycles. The Morgan fingerprint density at radius 3 is 2.44 bits per heavy atom. The van der Waals surface area contributed by atoms with E-state index in [2.05, 4.69) is 10.6 Å². The van der Waals surface area contributed by atoms with Gasteiger partial charge in [0.2, 0.25) is 0 Å². The summed E-state index contributed by atoms with van der Waals surface area (Å²) in [5.41, 5.74) is 0.257. The summed E-state index contributed by atoms with van der Waals surface area (Å²) in [4.78, 5) is 22.4. The molecule has 0 saturated heterocycles. The lowest BCUT2D eigenvalue weighted by Gasteiger charge is -2.20. The fraction of sp³-hybridized carbons (Fsp3) is 0.385. The molecule has 2 N–H and O–H groups in total. The first kappa shape index (κ1) is 14.0. The number of carbonyl (C=O) groups excluding carboxylic acids is 2. The predicted molar refractivity (Wildman–Crippen MR) is 69.7 cm³/mol. The van der Waals surface area contributed by atoms with Crippen molar-refractivity contribution in [2.45, 2.75) is 33.2 Å². The van der Waals surface area contributed by atoms with Gasteiger partial charge in [-0.2, -0.15) is 0 Å². The molecule has 0 aromatic heterocycles. The lowest BCUT2D eigenvalue weighted by Crippen LogP contribution is -2.43. The molecule has 5 nitrogen and oxygen atoms in total. The maximum absolute atomic E-state index is 11.6. The fourth-order valence-corrected chi connectivity index (χ4v) is 1.31. The molecule has 1 aromatic carbocycles. The van der Waals surface area contributed by atoms with E-state index in [9.17, 15) is 9.59 Å². The van der Waals surface area contributed by atoms with E-state index in [0.717, 1.165) is 0 Å². The quantitative estimate of drug-likeness (QED) is 0.626. The van der Waals surface area contributed by atoms with Gasteiger partial charge in [0.05, 0.1) is 0 Å². The molecule has 0 spiro atoms. The third-order valence-corrected chi connectivity index (χ3v) is 1.84. The van der Waals surface area contributed by atoms with Crippen LogP contribution in [0, 0.1) is 0 Å². The smallest absolute Gasteiger partial charge is 0.319 e. The molecule has 0 aliphatic carbocycles. The topological polar surface area (TPSA) is 67.4 Å². The second kappa shape index (κ2) is 5.53. The van der Waals surface area contributed by atoms with Gasteiger partial charge in [0.1, 0.15) is 5.75 Å². The molecule has 0 atom stereocenters. The van der Waals surface area contributed by atoms with Gasteiger partial charge in [-0.25, -0.2) is 4.79 Å². The Hall–Kier alpha value is -2.04. The van der Waals surface area contributed by atoms with Gasteiger partial charge in [0, 0.05) is 24.2 Å². The number of hydrogen-bond acceptors (Lipinski definition) is 3. The Morgan fingerprint density at radius 1 is 1.22 bits per heavy atom. The minimum atomic E-state index is -0.397. The third-order valence-electron chi connectivity index (χ3n) is 1.84. The number of amides is 2. The zero-order chi connectivity index (χ0) is 13.8. The van der Waals surface area contributed by atoms with Gasteiger partial charge in [-0.05, 0) is 32.9 Å². The molecular weight excluding hydrogens is 232 g/mol. The van der Waals surface area contributed by atoms with Crippen molar-refractivity contribution < 1.29 is 14.3 Å². The van der Waals surface area contributed by atoms with Crippen molar-refractivity contribution in [2.75, 3.05) is 5.32 Å². The summed E-state index contributed by atoms with van der Waals surface area (Å²) in [5.74, 6) is 0.00218. The second-order valence-electron chi connectivity index (χ2n) is 4.95. The van der Waals surface area contributed by atoms with Crippen molar-refractivity contribution in [3.05, 3.63) is 24.3 Å². The summed E-state index contributed by atoms with van der Waals surface area (Å²) >= 11 is 0. The van der Waals surface area contributed by atoms with E-state index >= 15 is 0 Å². The normalized spacial score (nSPS) is 10.7. The number of rotatable bonds is 2. The molecule has 98 valence electrons. The highest BCUT2D eigenvalue weighted by Gasteiger charge is 2.13. The van der Waals surface area contributed by atoms with Crippen LogP contribution in [0.2, 0.25) is 0 Å². The van der Waals surface area contributed by atoms with Crippen LogP contribution in [-0.2, 0) is 4.79 Å². The van der Waals surface area contributed by atoms with Crippen LogP contribution in [0.15, 0.2) is 24.3 Å². The zero-order valence-corrected chi connectivity index (χ0v) is 11.0. The number of nitrogens with one attached hydrogen (secondary N) is 2. The highest BCUT2D eigenvalue weighted by atomic mass is 16.5. The molecule has 0 aliphatic heterocycles. The second-order valence-corrected chi connectivity index (χ2v) is 4.95. The van der Waals surface area contributed by atoms with Crippen LogP contribution in [-0.4, -0.2) is 17.5 Å². The van der Waals surface area contributed by atoms with Crippen LogP contribution in [0.3, 0.4) is 0 Å². The van der Waals surface area contributed by atoms with Crippen LogP contribution >= 0.6 is 0 Å². The summed E-state index contributed by atoms with van der Waals surface area (Å²) in [6.07, 6.45) is 0. The molecule has 0 bridgehead atoms. The first-order valence-electron chi connectivity index (χ1n) is 5.64. The van der Waals surface area contributed by atoms with Gasteiger partial charge >= 0.3 is 12.0 Å². The fourth-order valence-electron chi connectivity index (χ4n) is 1.31. The van der Waals surface area contributed by atoms with Crippen molar-refractivity contribution in [3.8, 4) is 5.75 Å². The predicted octanol–water partition coefficient (Wildman–Crippen LogP) is 2.53. The lowest BCUT2D eigenvalue weighted by atomic mass is 10.1. The van der Waals surface area contributed by atoms with Crippen LogP contribution < -0.4 is 15.4 Å². The van der Waals surface area contributed by atoms with Crippen molar-refractivity contribution in [1.82, 2.24) is 5.32 Å². The molecule has 0 fully saturated rings. The molecule has 0 aliphatic rings. The molecule has 0 unspecified atom stereocenters. The molecular formula is C13H18N2O3. The van der Waals surface area contributed by atoms with E-state index in [1.807, 2.05) is 20.8 Å². The highest BCUT2D eigenvalue weighted by molar-refractivity contribution is 5.90. The number of urea groups is 1. The van der Waals surface area contributed by atoms with Crippen LogP contribution in [0.4, 0.5) is 10.5 Å². The summed E-state index contributed by atoms with van der Waals surface area (Å²) in [6, 6.07) is 6.35. The SMILES string of the molecule is CC(=O)Oc1cccc(NC(=O)NC(C)(C)C)c1. The molecule has 2 amide bonds. The van der Waals surface area contributed by atoms with Crippen molar-refractivity contribution in [3.63, 3.8) is 0 Å². The Labute approximate surface area is 107 Å². The standard InChI is InChI=1S/C13H18N2O3/c1-9(16)18-11-7-5-6-10(8-11)14-12(17)15-13(2,3)4/h5-8H,1-4H3,(H2,14,15,17). The average Bonchev–Trinajstić information content (AvgIpc) is 2.13. The number of ether oxygens (including phenoxy) is 1. The zero-order valence-electron chi connectivity index (χ0n) is 11.0. The number of carbonyl (C=O) groups is 2. The number of benzene rings is 1. The average molecular weight is 250 g/mol. The van der Waals surface area contributed by atoms with E-state index in [4.69, 9.17) is 4.74 Å². The first-order chi connectivity index (χ1) is 8.26. The Bertz CT molecular complexity index is 450. The minimum absolute atomic E-state index is 0.303. The Morgan fingerprint density at radius 2 is 1.89 bits per heavy atom. The monoisotopic (exact) mass is 250 g/mol. The van der Waals surface area contributed by atoms with Gasteiger partial charge in [0.25, 0.3) is 0 Å². The molecule has 18 heavy (non-hydrogen) atoms. The third kappa shape index (κ3) is 5.34. The maximum Gasteiger partial charge on any atom is 0.319 e. The van der Waals surface area contributed by atoms with E-state index < -0.39 is 5.97 Å². The van der Waals surface area contributed by atoms with E-state index in [-0.39, 0.29) is 11.6 Å². The summed E-state index contributed by atoms with van der Waals surface area (Å²) in [5, 5.41) is 5.44. The first-order valence-corrected chi connectivity index (χ1v) is 5.64. The molecule has 1 aromatic rings. The highest BCUT2D eigenvalue weighted by Crippen LogP contribution is 2.17. The van der Waals surface area contributed by atoms with Gasteiger partial charge in [-0.1, -0.05) is 6.07 Å². The molecule has 0 radical (unpaired) electrons. The van der Waals surface area contributed by atoms with Crippen LogP contribution in [0.5, 0.6) is 5.75 Å². The van der Waals surface area contributed by atoms with Crippen LogP contribution in [0.1, 0.15) is 27.7 Å². The van der Waals surface area contributed by atoms with E-state index in [1.165, 1.54) is 6.92 Å². The largest absolute Gasteiger partial charge is 0.427 e. The van der Waals surface area contributed by atoms with Gasteiger partial charge in [-0.3, -0.25) is 4.79 Å². The van der Waals surface area contributed by atoms with Gasteiger partial charge < -0.3 is 15.4 Å². The van der Waals surface area contributed by atoms with Gasteiger partial charge in [0.15, 0.2) is 0 Å². The number of esters is 1. The minimum Gasteiger partial charge on any atom is -0.427 e. The Kier molecular flexibility index (Phi) is 4.31. The lowest BCUT2D eigenvalue weighted by molar-refractivity contribution is -0.131. The Balaban J connectivity index is 2.67. The molecule has 1 rings (SSSR count). The van der Waals surface area contributed by atoms with Crippen molar-refractivity contribution in [1.29, 1.82) is 0 Å².